The van der Waals surface area contributed by atoms with Gasteiger partial charge in [0.15, 0.2) is 0 Å². The predicted octanol–water partition coefficient (Wildman–Crippen LogP) is -0.459. The normalized spacial score (nSPS) is 11.4. The van der Waals surface area contributed by atoms with Crippen LogP contribution in [0.4, 0.5) is 0 Å². The van der Waals surface area contributed by atoms with Crippen LogP contribution in [-0.2, 0) is 21.5 Å². The number of nitrogens with one attached hydrogen (secondary N) is 3. The van der Waals surface area contributed by atoms with E-state index in [0.717, 1.165) is 5.56 Å². The summed E-state index contributed by atoms with van der Waals surface area (Å²) in [6.45, 7) is 0.698. The van der Waals surface area contributed by atoms with Crippen LogP contribution in [-0.4, -0.2) is 34.5 Å². The zero-order valence-corrected chi connectivity index (χ0v) is 11.5. The van der Waals surface area contributed by atoms with Crippen molar-refractivity contribution in [2.75, 3.05) is 20.3 Å². The first-order valence-electron chi connectivity index (χ1n) is 5.61. The Morgan fingerprint density at radius 1 is 1.32 bits per heavy atom. The van der Waals surface area contributed by atoms with E-state index in [9.17, 15) is 8.42 Å². The minimum atomic E-state index is -3.53. The van der Waals surface area contributed by atoms with Crippen molar-refractivity contribution in [1.82, 2.24) is 9.44 Å². The fourth-order valence-electron chi connectivity index (χ4n) is 1.31. The maximum atomic E-state index is 11.5. The number of hydrogen-bond donors (Lipinski definition) is 4. The predicted molar refractivity (Wildman–Crippen MR) is 73.1 cm³/mol. The fraction of sp³-hybridized carbons (Fsp3) is 0.364. The van der Waals surface area contributed by atoms with E-state index in [1.807, 2.05) is 0 Å². The Morgan fingerprint density at radius 3 is 2.47 bits per heavy atom. The van der Waals surface area contributed by atoms with Gasteiger partial charge in [0, 0.05) is 25.8 Å². The van der Waals surface area contributed by atoms with Gasteiger partial charge >= 0.3 is 0 Å². The number of nitrogen functional groups attached to an aromatic ring is 1. The summed E-state index contributed by atoms with van der Waals surface area (Å²) in [5.41, 5.74) is 6.71. The molecule has 0 fully saturated rings. The van der Waals surface area contributed by atoms with Crippen LogP contribution in [0, 0.1) is 5.41 Å². The summed E-state index contributed by atoms with van der Waals surface area (Å²) >= 11 is 0. The van der Waals surface area contributed by atoms with Crippen LogP contribution in [0.1, 0.15) is 11.1 Å². The van der Waals surface area contributed by atoms with Crippen LogP contribution < -0.4 is 15.2 Å². The van der Waals surface area contributed by atoms with Crippen molar-refractivity contribution in [1.29, 1.82) is 5.41 Å². The quantitative estimate of drug-likeness (QED) is 0.294. The summed E-state index contributed by atoms with van der Waals surface area (Å²) in [4.78, 5) is 0. The summed E-state index contributed by atoms with van der Waals surface area (Å²) in [5.74, 6) is -0.0200. The van der Waals surface area contributed by atoms with Gasteiger partial charge in [0.2, 0.25) is 0 Å². The van der Waals surface area contributed by atoms with E-state index in [1.54, 1.807) is 24.3 Å². The van der Waals surface area contributed by atoms with Crippen LogP contribution in [0.2, 0.25) is 0 Å². The van der Waals surface area contributed by atoms with Crippen molar-refractivity contribution in [3.63, 3.8) is 0 Å². The van der Waals surface area contributed by atoms with Crippen LogP contribution in [0.15, 0.2) is 24.3 Å². The molecule has 0 unspecified atom stereocenters. The molecule has 0 aliphatic carbocycles. The number of methoxy groups -OCH3 is 1. The molecule has 0 saturated heterocycles. The third-order valence-corrected chi connectivity index (χ3v) is 3.44. The monoisotopic (exact) mass is 286 g/mol. The van der Waals surface area contributed by atoms with Gasteiger partial charge in [0.05, 0.1) is 6.61 Å². The minimum Gasteiger partial charge on any atom is -0.384 e. The first-order valence-corrected chi connectivity index (χ1v) is 7.09. The molecule has 0 bridgehead atoms. The van der Waals surface area contributed by atoms with E-state index in [-0.39, 0.29) is 18.9 Å². The van der Waals surface area contributed by atoms with Crippen molar-refractivity contribution >= 4 is 16.0 Å². The fourth-order valence-corrected chi connectivity index (χ4v) is 2.12. The second-order valence-electron chi connectivity index (χ2n) is 3.82. The first kappa shape index (κ1) is 15.6. The van der Waals surface area contributed by atoms with Crippen molar-refractivity contribution < 1.29 is 13.2 Å². The van der Waals surface area contributed by atoms with Crippen LogP contribution in [0.3, 0.4) is 0 Å². The van der Waals surface area contributed by atoms with Gasteiger partial charge in [-0.15, -0.1) is 0 Å². The molecule has 0 aliphatic rings. The molecule has 8 heteroatoms. The molecule has 1 aromatic rings. The van der Waals surface area contributed by atoms with E-state index in [2.05, 4.69) is 9.44 Å². The Morgan fingerprint density at radius 2 is 1.95 bits per heavy atom. The van der Waals surface area contributed by atoms with E-state index < -0.39 is 10.2 Å². The molecule has 0 atom stereocenters. The first-order chi connectivity index (χ1) is 8.94. The lowest BCUT2D eigenvalue weighted by Crippen LogP contribution is -2.37. The third-order valence-electron chi connectivity index (χ3n) is 2.33. The largest absolute Gasteiger partial charge is 0.384 e. The highest BCUT2D eigenvalue weighted by Gasteiger charge is 2.08. The highest BCUT2D eigenvalue weighted by Crippen LogP contribution is 2.03. The second kappa shape index (κ2) is 7.19. The maximum Gasteiger partial charge on any atom is 0.277 e. The lowest BCUT2D eigenvalue weighted by atomic mass is 10.1. The smallest absolute Gasteiger partial charge is 0.277 e. The maximum absolute atomic E-state index is 11.5. The zero-order chi connectivity index (χ0) is 14.3. The van der Waals surface area contributed by atoms with Crippen molar-refractivity contribution in [3.05, 3.63) is 35.4 Å². The molecule has 1 aromatic carbocycles. The van der Waals surface area contributed by atoms with Gasteiger partial charge < -0.3 is 10.5 Å². The molecule has 0 saturated carbocycles. The molecule has 7 nitrogen and oxygen atoms in total. The SMILES string of the molecule is COCCNS(=O)(=O)NCc1ccc(C(=N)N)cc1. The molecule has 19 heavy (non-hydrogen) atoms. The number of hydrogen-bond acceptors (Lipinski definition) is 4. The topological polar surface area (TPSA) is 117 Å². The molecule has 106 valence electrons. The Labute approximate surface area is 112 Å². The highest BCUT2D eigenvalue weighted by molar-refractivity contribution is 7.87. The van der Waals surface area contributed by atoms with Crippen molar-refractivity contribution in [2.45, 2.75) is 6.54 Å². The standard InChI is InChI=1S/C11H18N4O3S/c1-18-7-6-14-19(16,17)15-8-9-2-4-10(5-3-9)11(12)13/h2-5,14-15H,6-8H2,1H3,(H3,12,13). The Balaban J connectivity index is 2.49. The summed E-state index contributed by atoms with van der Waals surface area (Å²) in [7, 11) is -2.03. The number of nitrogens with two attached hydrogens (primary N) is 1. The number of ether oxygens (including phenoxy) is 1. The molecule has 0 heterocycles. The van der Waals surface area contributed by atoms with Gasteiger partial charge in [-0.25, -0.2) is 0 Å². The minimum absolute atomic E-state index is 0.0200. The molecule has 0 radical (unpaired) electrons. The van der Waals surface area contributed by atoms with Gasteiger partial charge in [0.25, 0.3) is 10.2 Å². The number of amidine groups is 1. The number of rotatable bonds is 8. The van der Waals surface area contributed by atoms with Crippen LogP contribution >= 0.6 is 0 Å². The van der Waals surface area contributed by atoms with Gasteiger partial charge in [-0.2, -0.15) is 17.9 Å². The van der Waals surface area contributed by atoms with Gasteiger partial charge in [0.1, 0.15) is 5.84 Å². The molecule has 0 aromatic heterocycles. The van der Waals surface area contributed by atoms with Crippen molar-refractivity contribution in [2.24, 2.45) is 5.73 Å². The van der Waals surface area contributed by atoms with Crippen LogP contribution in [0.5, 0.6) is 0 Å². The average molecular weight is 286 g/mol. The zero-order valence-electron chi connectivity index (χ0n) is 10.6. The van der Waals surface area contributed by atoms with Crippen molar-refractivity contribution in [3.8, 4) is 0 Å². The van der Waals surface area contributed by atoms with E-state index in [4.69, 9.17) is 15.9 Å². The van der Waals surface area contributed by atoms with Gasteiger partial charge in [-0.05, 0) is 5.56 Å². The lowest BCUT2D eigenvalue weighted by Gasteiger charge is -2.08. The van der Waals surface area contributed by atoms with Gasteiger partial charge in [-0.1, -0.05) is 24.3 Å². The summed E-state index contributed by atoms with van der Waals surface area (Å²) in [5, 5.41) is 7.25. The van der Waals surface area contributed by atoms with Gasteiger partial charge in [-0.3, -0.25) is 5.41 Å². The van der Waals surface area contributed by atoms with E-state index in [1.165, 1.54) is 7.11 Å². The molecule has 5 N–H and O–H groups in total. The molecule has 0 aliphatic heterocycles. The Bertz CT molecular complexity index is 513. The Hall–Kier alpha value is -1.48. The summed E-state index contributed by atoms with van der Waals surface area (Å²) in [6, 6.07) is 6.78. The van der Waals surface area contributed by atoms with E-state index >= 15 is 0 Å². The van der Waals surface area contributed by atoms with E-state index in [0.29, 0.717) is 12.2 Å². The lowest BCUT2D eigenvalue weighted by molar-refractivity contribution is 0.204. The second-order valence-corrected chi connectivity index (χ2v) is 5.41. The molecular formula is C11H18N4O3S. The molecule has 0 spiro atoms. The summed E-state index contributed by atoms with van der Waals surface area (Å²) in [6.07, 6.45) is 0. The summed E-state index contributed by atoms with van der Waals surface area (Å²) < 4.78 is 32.5. The number of benzene rings is 1. The highest BCUT2D eigenvalue weighted by atomic mass is 32.2. The van der Waals surface area contributed by atoms with Crippen LogP contribution in [0.25, 0.3) is 0 Å². The average Bonchev–Trinajstić information content (AvgIpc) is 2.37. The Kier molecular flexibility index (Phi) is 5.90. The molecule has 0 amide bonds. The molecule has 1 rings (SSSR count). The molecular weight excluding hydrogens is 268 g/mol. The third kappa shape index (κ3) is 5.79.